The Labute approximate surface area is 127 Å². The molecule has 122 valence electrons. The first-order chi connectivity index (χ1) is 9.71. The Morgan fingerprint density at radius 1 is 1.24 bits per heavy atom. The van der Waals surface area contributed by atoms with E-state index in [-0.39, 0.29) is 17.9 Å². The fourth-order valence-electron chi connectivity index (χ4n) is 2.49. The summed E-state index contributed by atoms with van der Waals surface area (Å²) >= 11 is 0. The Bertz CT molecular complexity index is 365. The van der Waals surface area contributed by atoms with E-state index >= 15 is 0 Å². The summed E-state index contributed by atoms with van der Waals surface area (Å²) in [5, 5.41) is 2.92. The topological polar surface area (TPSA) is 67.9 Å². The van der Waals surface area contributed by atoms with Crippen molar-refractivity contribution in [2.45, 2.75) is 51.7 Å². The quantitative estimate of drug-likeness (QED) is 0.805. The average molecular weight is 300 g/mol. The molecule has 21 heavy (non-hydrogen) atoms. The second-order valence-corrected chi connectivity index (χ2v) is 6.67. The van der Waals surface area contributed by atoms with Crippen molar-refractivity contribution in [2.75, 3.05) is 27.2 Å². The van der Waals surface area contributed by atoms with Crippen molar-refractivity contribution < 1.29 is 19.1 Å². The third-order valence-electron chi connectivity index (χ3n) is 3.63. The second kappa shape index (κ2) is 7.64. The molecule has 6 nitrogen and oxygen atoms in total. The first kappa shape index (κ1) is 17.8. The maximum Gasteiger partial charge on any atom is 0.407 e. The molecule has 0 aromatic rings. The summed E-state index contributed by atoms with van der Waals surface area (Å²) in [4.78, 5) is 25.7. The number of alkyl carbamates (subject to hydrolysis) is 1. The molecule has 0 saturated carbocycles. The highest BCUT2D eigenvalue weighted by atomic mass is 16.6. The van der Waals surface area contributed by atoms with Gasteiger partial charge in [-0.1, -0.05) is 0 Å². The van der Waals surface area contributed by atoms with Gasteiger partial charge in [0.15, 0.2) is 0 Å². The normalized spacial score (nSPS) is 24.0. The maximum atomic E-state index is 12.0. The molecule has 2 atom stereocenters. The van der Waals surface area contributed by atoms with Crippen LogP contribution in [0.2, 0.25) is 0 Å². The van der Waals surface area contributed by atoms with Crippen LogP contribution in [0.25, 0.3) is 0 Å². The van der Waals surface area contributed by atoms with E-state index in [0.29, 0.717) is 6.42 Å². The highest BCUT2D eigenvalue weighted by Gasteiger charge is 2.30. The summed E-state index contributed by atoms with van der Waals surface area (Å²) in [7, 11) is 3.44. The van der Waals surface area contributed by atoms with E-state index < -0.39 is 11.7 Å². The third-order valence-corrected chi connectivity index (χ3v) is 3.63. The van der Waals surface area contributed by atoms with E-state index in [9.17, 15) is 9.59 Å². The largest absolute Gasteiger partial charge is 0.469 e. The number of likely N-dealkylation sites (tertiary alicyclic amines) is 1. The summed E-state index contributed by atoms with van der Waals surface area (Å²) in [5.74, 6) is -0.157. The average Bonchev–Trinajstić information content (AvgIpc) is 2.51. The summed E-state index contributed by atoms with van der Waals surface area (Å²) in [5.41, 5.74) is -0.524. The monoisotopic (exact) mass is 300 g/mol. The van der Waals surface area contributed by atoms with E-state index in [4.69, 9.17) is 9.47 Å². The highest BCUT2D eigenvalue weighted by molar-refractivity contribution is 5.70. The van der Waals surface area contributed by atoms with Gasteiger partial charge in [-0.25, -0.2) is 4.79 Å². The van der Waals surface area contributed by atoms with Gasteiger partial charge in [-0.2, -0.15) is 0 Å². The first-order valence-corrected chi connectivity index (χ1v) is 7.46. The standard InChI is InChI=1S/C15H28N2O4/c1-15(2,3)21-14(19)16-12-7-9-17(4)8-6-11(12)10-13(18)20-5/h11-12H,6-10H2,1-5H3,(H,16,19)/t11-,12+/m0/s1. The number of nitrogens with one attached hydrogen (secondary N) is 1. The lowest BCUT2D eigenvalue weighted by molar-refractivity contribution is -0.142. The Morgan fingerprint density at radius 2 is 1.86 bits per heavy atom. The van der Waals surface area contributed by atoms with Crippen molar-refractivity contribution in [3.63, 3.8) is 0 Å². The lowest BCUT2D eigenvalue weighted by Gasteiger charge is -2.27. The van der Waals surface area contributed by atoms with Crippen LogP contribution in [0.3, 0.4) is 0 Å². The summed E-state index contributed by atoms with van der Waals surface area (Å²) in [6.45, 7) is 7.30. The Hall–Kier alpha value is -1.30. The molecular weight excluding hydrogens is 272 g/mol. The Balaban J connectivity index is 2.67. The van der Waals surface area contributed by atoms with Crippen LogP contribution in [-0.4, -0.2) is 55.9 Å². The van der Waals surface area contributed by atoms with E-state index in [1.54, 1.807) is 0 Å². The Morgan fingerprint density at radius 3 is 2.43 bits per heavy atom. The van der Waals surface area contributed by atoms with E-state index in [0.717, 1.165) is 25.9 Å². The summed E-state index contributed by atoms with van der Waals surface area (Å²) in [6.07, 6.45) is 1.56. The van der Waals surface area contributed by atoms with Crippen LogP contribution in [-0.2, 0) is 14.3 Å². The van der Waals surface area contributed by atoms with Gasteiger partial charge >= 0.3 is 12.1 Å². The first-order valence-electron chi connectivity index (χ1n) is 7.46. The van der Waals surface area contributed by atoms with Gasteiger partial charge in [-0.3, -0.25) is 4.79 Å². The molecule has 1 N–H and O–H groups in total. The number of ether oxygens (including phenoxy) is 2. The van der Waals surface area contributed by atoms with Crippen LogP contribution in [0.4, 0.5) is 4.79 Å². The summed E-state index contributed by atoms with van der Waals surface area (Å²) < 4.78 is 10.1. The van der Waals surface area contributed by atoms with E-state index in [1.807, 2.05) is 27.8 Å². The molecule has 0 aliphatic carbocycles. The molecule has 1 rings (SSSR count). The molecule has 0 radical (unpaired) electrons. The SMILES string of the molecule is COC(=O)C[C@@H]1CCN(C)CC[C@H]1NC(=O)OC(C)(C)C. The molecular formula is C15H28N2O4. The predicted octanol–water partition coefficient (Wildman–Crippen LogP) is 1.78. The van der Waals surface area contributed by atoms with Crippen LogP contribution in [0.5, 0.6) is 0 Å². The molecule has 1 saturated heterocycles. The van der Waals surface area contributed by atoms with Gasteiger partial charge in [0.2, 0.25) is 0 Å². The zero-order chi connectivity index (χ0) is 16.0. The molecule has 1 aliphatic rings. The van der Waals surface area contributed by atoms with Crippen LogP contribution in [0.1, 0.15) is 40.0 Å². The second-order valence-electron chi connectivity index (χ2n) is 6.67. The van der Waals surface area contributed by atoms with Gasteiger partial charge in [0, 0.05) is 6.04 Å². The molecule has 0 unspecified atom stereocenters. The van der Waals surface area contributed by atoms with Gasteiger partial charge in [-0.15, -0.1) is 0 Å². The molecule has 1 aliphatic heterocycles. The van der Waals surface area contributed by atoms with Crippen molar-refractivity contribution in [1.29, 1.82) is 0 Å². The Kier molecular flexibility index (Phi) is 6.45. The number of esters is 1. The smallest absolute Gasteiger partial charge is 0.407 e. The van der Waals surface area contributed by atoms with Gasteiger partial charge in [-0.05, 0) is 59.7 Å². The molecule has 0 spiro atoms. The fraction of sp³-hybridized carbons (Fsp3) is 0.867. The van der Waals surface area contributed by atoms with E-state index in [1.165, 1.54) is 7.11 Å². The number of hydrogen-bond donors (Lipinski definition) is 1. The van der Waals surface area contributed by atoms with Crippen molar-refractivity contribution >= 4 is 12.1 Å². The van der Waals surface area contributed by atoms with Crippen molar-refractivity contribution in [3.05, 3.63) is 0 Å². The van der Waals surface area contributed by atoms with Crippen LogP contribution >= 0.6 is 0 Å². The number of methoxy groups -OCH3 is 1. The minimum atomic E-state index is -0.524. The number of nitrogens with zero attached hydrogens (tertiary/aromatic N) is 1. The van der Waals surface area contributed by atoms with Gasteiger partial charge < -0.3 is 19.7 Å². The molecule has 1 fully saturated rings. The zero-order valence-electron chi connectivity index (χ0n) is 13.8. The lowest BCUT2D eigenvalue weighted by atomic mass is 9.91. The summed E-state index contributed by atoms with van der Waals surface area (Å²) in [6, 6.07) is -0.0658. The maximum absolute atomic E-state index is 12.0. The minimum absolute atomic E-state index is 0.0658. The van der Waals surface area contributed by atoms with Crippen molar-refractivity contribution in [2.24, 2.45) is 5.92 Å². The minimum Gasteiger partial charge on any atom is -0.469 e. The molecule has 1 amide bonds. The van der Waals surface area contributed by atoms with Gasteiger partial charge in [0.25, 0.3) is 0 Å². The third kappa shape index (κ3) is 6.80. The van der Waals surface area contributed by atoms with Crippen LogP contribution in [0, 0.1) is 5.92 Å². The number of amides is 1. The number of carbonyl (C=O) groups excluding carboxylic acids is 2. The molecule has 0 aromatic heterocycles. The molecule has 6 heteroatoms. The molecule has 0 aromatic carbocycles. The zero-order valence-corrected chi connectivity index (χ0v) is 13.8. The van der Waals surface area contributed by atoms with Crippen LogP contribution in [0.15, 0.2) is 0 Å². The van der Waals surface area contributed by atoms with Crippen molar-refractivity contribution in [3.8, 4) is 0 Å². The van der Waals surface area contributed by atoms with Crippen molar-refractivity contribution in [1.82, 2.24) is 10.2 Å². The van der Waals surface area contributed by atoms with Gasteiger partial charge in [0.1, 0.15) is 5.60 Å². The van der Waals surface area contributed by atoms with Crippen LogP contribution < -0.4 is 5.32 Å². The number of rotatable bonds is 3. The van der Waals surface area contributed by atoms with Gasteiger partial charge in [0.05, 0.1) is 13.5 Å². The molecule has 0 bridgehead atoms. The highest BCUT2D eigenvalue weighted by Crippen LogP contribution is 2.22. The number of hydrogen-bond acceptors (Lipinski definition) is 5. The number of carbonyl (C=O) groups is 2. The fourth-order valence-corrected chi connectivity index (χ4v) is 2.49. The lowest BCUT2D eigenvalue weighted by Crippen LogP contribution is -2.43. The van der Waals surface area contributed by atoms with E-state index in [2.05, 4.69) is 10.2 Å². The molecule has 1 heterocycles. The predicted molar refractivity (Wildman–Crippen MR) is 80.0 cm³/mol.